The third-order valence-electron chi connectivity index (χ3n) is 2.11. The second-order valence-corrected chi connectivity index (χ2v) is 4.04. The van der Waals surface area contributed by atoms with Gasteiger partial charge in [-0.15, -0.1) is 0 Å². The van der Waals surface area contributed by atoms with Crippen molar-refractivity contribution in [3.63, 3.8) is 0 Å². The highest BCUT2D eigenvalue weighted by Gasteiger charge is 2.05. The van der Waals surface area contributed by atoms with Crippen LogP contribution in [0, 0.1) is 11.6 Å². The fourth-order valence-corrected chi connectivity index (χ4v) is 1.36. The normalized spacial score (nSPS) is 10.4. The number of hydrogen-bond donors (Lipinski definition) is 2. The van der Waals surface area contributed by atoms with Crippen molar-refractivity contribution in [1.82, 2.24) is 10.6 Å². The van der Waals surface area contributed by atoms with E-state index in [1.165, 1.54) is 0 Å². The lowest BCUT2D eigenvalue weighted by Gasteiger charge is -2.10. The van der Waals surface area contributed by atoms with Gasteiger partial charge in [0.25, 0.3) is 0 Å². The van der Waals surface area contributed by atoms with E-state index in [-0.39, 0.29) is 30.6 Å². The zero-order valence-electron chi connectivity index (χ0n) is 9.89. The molecule has 0 aromatic heterocycles. The van der Waals surface area contributed by atoms with Crippen LogP contribution in [-0.4, -0.2) is 18.6 Å². The predicted octanol–water partition coefficient (Wildman–Crippen LogP) is 2.21. The van der Waals surface area contributed by atoms with Crippen molar-refractivity contribution < 1.29 is 13.6 Å². The SMILES string of the molecule is CC(C)NC(=O)NCCc1cc(F)ccc1F. The highest BCUT2D eigenvalue weighted by Crippen LogP contribution is 2.09. The Morgan fingerprint density at radius 1 is 1.35 bits per heavy atom. The average molecular weight is 242 g/mol. The van der Waals surface area contributed by atoms with Gasteiger partial charge in [0, 0.05) is 12.6 Å². The first-order chi connectivity index (χ1) is 7.99. The van der Waals surface area contributed by atoms with Crippen molar-refractivity contribution >= 4 is 6.03 Å². The number of urea groups is 1. The zero-order chi connectivity index (χ0) is 12.8. The number of nitrogens with one attached hydrogen (secondary N) is 2. The van der Waals surface area contributed by atoms with Crippen molar-refractivity contribution in [3.8, 4) is 0 Å². The quantitative estimate of drug-likeness (QED) is 0.835. The number of hydrogen-bond acceptors (Lipinski definition) is 1. The molecule has 0 fully saturated rings. The minimum absolute atomic E-state index is 0.0425. The molecule has 94 valence electrons. The lowest BCUT2D eigenvalue weighted by atomic mass is 10.1. The largest absolute Gasteiger partial charge is 0.338 e. The van der Waals surface area contributed by atoms with Gasteiger partial charge in [0.05, 0.1) is 0 Å². The molecule has 17 heavy (non-hydrogen) atoms. The molecule has 0 aliphatic carbocycles. The minimum Gasteiger partial charge on any atom is -0.338 e. The maximum absolute atomic E-state index is 13.2. The first kappa shape index (κ1) is 13.4. The summed E-state index contributed by atoms with van der Waals surface area (Å²) in [6.07, 6.45) is 0.259. The van der Waals surface area contributed by atoms with Crippen LogP contribution >= 0.6 is 0 Å². The number of amides is 2. The molecule has 0 spiro atoms. The summed E-state index contributed by atoms with van der Waals surface area (Å²) in [6, 6.07) is 3.02. The molecule has 0 atom stereocenters. The molecule has 0 radical (unpaired) electrons. The standard InChI is InChI=1S/C12H16F2N2O/c1-8(2)16-12(17)15-6-5-9-7-10(13)3-4-11(9)14/h3-4,7-8H,5-6H2,1-2H3,(H2,15,16,17). The molecule has 0 aliphatic rings. The first-order valence-electron chi connectivity index (χ1n) is 5.47. The van der Waals surface area contributed by atoms with Crippen molar-refractivity contribution in [3.05, 3.63) is 35.4 Å². The first-order valence-corrected chi connectivity index (χ1v) is 5.47. The Kier molecular flexibility index (Phi) is 4.87. The summed E-state index contributed by atoms with van der Waals surface area (Å²) in [7, 11) is 0. The Bertz CT molecular complexity index is 394. The monoisotopic (exact) mass is 242 g/mol. The second-order valence-electron chi connectivity index (χ2n) is 4.04. The van der Waals surface area contributed by atoms with Crippen LogP contribution in [0.25, 0.3) is 0 Å². The zero-order valence-corrected chi connectivity index (χ0v) is 9.89. The molecule has 0 aliphatic heterocycles. The summed E-state index contributed by atoms with van der Waals surface area (Å²) in [5, 5.41) is 5.21. The van der Waals surface area contributed by atoms with Gasteiger partial charge in [-0.3, -0.25) is 0 Å². The van der Waals surface area contributed by atoms with Gasteiger partial charge in [0.2, 0.25) is 0 Å². The Hall–Kier alpha value is -1.65. The number of rotatable bonds is 4. The van der Waals surface area contributed by atoms with Gasteiger partial charge in [-0.25, -0.2) is 13.6 Å². The van der Waals surface area contributed by atoms with E-state index >= 15 is 0 Å². The molecule has 0 saturated heterocycles. The summed E-state index contributed by atoms with van der Waals surface area (Å²) < 4.78 is 26.0. The van der Waals surface area contributed by atoms with E-state index < -0.39 is 11.6 Å². The van der Waals surface area contributed by atoms with Crippen LogP contribution in [0.2, 0.25) is 0 Å². The molecule has 0 saturated carbocycles. The van der Waals surface area contributed by atoms with E-state index in [9.17, 15) is 13.6 Å². The molecule has 0 bridgehead atoms. The Balaban J connectivity index is 2.40. The molecule has 1 aromatic rings. The summed E-state index contributed by atoms with van der Waals surface area (Å²) in [5.74, 6) is -0.939. The van der Waals surface area contributed by atoms with Crippen molar-refractivity contribution in [2.24, 2.45) is 0 Å². The molecular formula is C12H16F2N2O. The molecule has 2 amide bonds. The van der Waals surface area contributed by atoms with Crippen LogP contribution in [0.15, 0.2) is 18.2 Å². The highest BCUT2D eigenvalue weighted by molar-refractivity contribution is 5.74. The van der Waals surface area contributed by atoms with Crippen LogP contribution in [0.5, 0.6) is 0 Å². The molecule has 3 nitrogen and oxygen atoms in total. The summed E-state index contributed by atoms with van der Waals surface area (Å²) in [4.78, 5) is 11.2. The van der Waals surface area contributed by atoms with Gasteiger partial charge in [0.15, 0.2) is 0 Å². The third-order valence-corrected chi connectivity index (χ3v) is 2.11. The van der Waals surface area contributed by atoms with Crippen LogP contribution < -0.4 is 10.6 Å². The lowest BCUT2D eigenvalue weighted by Crippen LogP contribution is -2.40. The van der Waals surface area contributed by atoms with Crippen molar-refractivity contribution in [2.45, 2.75) is 26.3 Å². The van der Waals surface area contributed by atoms with E-state index in [0.717, 1.165) is 18.2 Å². The predicted molar refractivity (Wildman–Crippen MR) is 61.7 cm³/mol. The molecule has 5 heteroatoms. The minimum atomic E-state index is -0.479. The Labute approximate surface area is 99.2 Å². The summed E-state index contributed by atoms with van der Waals surface area (Å²) >= 11 is 0. The average Bonchev–Trinajstić information content (AvgIpc) is 2.22. The third kappa shape index (κ3) is 4.80. The maximum Gasteiger partial charge on any atom is 0.314 e. The van der Waals surface area contributed by atoms with E-state index in [0.29, 0.717) is 0 Å². The summed E-state index contributed by atoms with van der Waals surface area (Å²) in [5.41, 5.74) is 0.259. The van der Waals surface area contributed by atoms with Gasteiger partial charge in [-0.05, 0) is 44.0 Å². The fourth-order valence-electron chi connectivity index (χ4n) is 1.36. The van der Waals surface area contributed by atoms with Gasteiger partial charge >= 0.3 is 6.03 Å². The number of carbonyl (C=O) groups excluding carboxylic acids is 1. The van der Waals surface area contributed by atoms with Crippen LogP contribution in [-0.2, 0) is 6.42 Å². The number of halogens is 2. The topological polar surface area (TPSA) is 41.1 Å². The fraction of sp³-hybridized carbons (Fsp3) is 0.417. The smallest absolute Gasteiger partial charge is 0.314 e. The lowest BCUT2D eigenvalue weighted by molar-refractivity contribution is 0.238. The highest BCUT2D eigenvalue weighted by atomic mass is 19.1. The Morgan fingerprint density at radius 3 is 2.71 bits per heavy atom. The van der Waals surface area contributed by atoms with Crippen LogP contribution in [0.3, 0.4) is 0 Å². The van der Waals surface area contributed by atoms with E-state index in [1.54, 1.807) is 0 Å². The number of benzene rings is 1. The molecule has 0 heterocycles. The van der Waals surface area contributed by atoms with Crippen molar-refractivity contribution in [1.29, 1.82) is 0 Å². The number of carbonyl (C=O) groups is 1. The Morgan fingerprint density at radius 2 is 2.06 bits per heavy atom. The van der Waals surface area contributed by atoms with E-state index in [2.05, 4.69) is 10.6 Å². The van der Waals surface area contributed by atoms with Gasteiger partial charge in [0.1, 0.15) is 11.6 Å². The molecule has 1 aromatic carbocycles. The van der Waals surface area contributed by atoms with E-state index in [4.69, 9.17) is 0 Å². The van der Waals surface area contributed by atoms with Gasteiger partial charge in [-0.1, -0.05) is 0 Å². The molecular weight excluding hydrogens is 226 g/mol. The molecule has 1 rings (SSSR count). The second kappa shape index (κ2) is 6.18. The van der Waals surface area contributed by atoms with E-state index in [1.807, 2.05) is 13.8 Å². The van der Waals surface area contributed by atoms with Crippen molar-refractivity contribution in [2.75, 3.05) is 6.54 Å². The van der Waals surface area contributed by atoms with Gasteiger partial charge in [-0.2, -0.15) is 0 Å². The summed E-state index contributed by atoms with van der Waals surface area (Å²) in [6.45, 7) is 3.94. The molecule has 2 N–H and O–H groups in total. The van der Waals surface area contributed by atoms with Gasteiger partial charge < -0.3 is 10.6 Å². The maximum atomic E-state index is 13.2. The van der Waals surface area contributed by atoms with Crippen LogP contribution in [0.4, 0.5) is 13.6 Å². The molecule has 0 unspecified atom stereocenters. The van der Waals surface area contributed by atoms with Crippen LogP contribution in [0.1, 0.15) is 19.4 Å².